The molecule has 194 valence electrons. The van der Waals surface area contributed by atoms with E-state index >= 15 is 0 Å². The zero-order valence-corrected chi connectivity index (χ0v) is 20.8. The lowest BCUT2D eigenvalue weighted by molar-refractivity contribution is -0.763. The minimum atomic E-state index is -1.31. The number of nitrogens with one attached hydrogen (secondary N) is 2. The third-order valence-corrected chi connectivity index (χ3v) is 7.05. The summed E-state index contributed by atoms with van der Waals surface area (Å²) in [6.07, 6.45) is 0.235. The second-order valence-corrected chi connectivity index (χ2v) is 9.47. The van der Waals surface area contributed by atoms with Gasteiger partial charge in [0.25, 0.3) is 5.91 Å². The number of anilines is 1. The number of carboxylic acids is 1. The average Bonchev–Trinajstić information content (AvgIpc) is 3.64. The molecule has 3 heterocycles. The summed E-state index contributed by atoms with van der Waals surface area (Å²) < 4.78 is 10.5. The van der Waals surface area contributed by atoms with Crippen molar-refractivity contribution in [3.05, 3.63) is 94.5 Å². The summed E-state index contributed by atoms with van der Waals surface area (Å²) in [5.41, 5.74) is 1.33. The quantitative estimate of drug-likeness (QED) is 0.280. The summed E-state index contributed by atoms with van der Waals surface area (Å²) in [6, 6.07) is 16.2. The zero-order valence-electron chi connectivity index (χ0n) is 20.0. The van der Waals surface area contributed by atoms with Gasteiger partial charge in [-0.1, -0.05) is 65.1 Å². The molecule has 0 aliphatic carbocycles. The Morgan fingerprint density at radius 2 is 1.74 bits per heavy atom. The SMILES string of the molecule is O=C(O)c1csc(NC(=O)[C@H](Cc2ccccc2)[N+]2(C3=C(Cc4ccccc4)OCO3)C(=O)CNC2=O)n1. The number of rotatable bonds is 9. The van der Waals surface area contributed by atoms with Crippen molar-refractivity contribution in [2.24, 2.45) is 0 Å². The first-order chi connectivity index (χ1) is 18.4. The Balaban J connectivity index is 1.61. The molecular formula is C26H23N4O7S+. The van der Waals surface area contributed by atoms with Crippen molar-refractivity contribution < 1.29 is 38.2 Å². The van der Waals surface area contributed by atoms with E-state index in [1.54, 1.807) is 24.3 Å². The third-order valence-electron chi connectivity index (χ3n) is 6.30. The van der Waals surface area contributed by atoms with Gasteiger partial charge < -0.3 is 14.6 Å². The van der Waals surface area contributed by atoms with Crippen molar-refractivity contribution in [3.8, 4) is 0 Å². The molecule has 5 rings (SSSR count). The number of aromatic carboxylic acids is 1. The van der Waals surface area contributed by atoms with Crippen LogP contribution < -0.4 is 10.6 Å². The Morgan fingerprint density at radius 3 is 2.34 bits per heavy atom. The normalized spacial score (nSPS) is 19.5. The summed E-state index contributed by atoms with van der Waals surface area (Å²) >= 11 is 0.923. The first kappa shape index (κ1) is 25.1. The van der Waals surface area contributed by atoms with Gasteiger partial charge in [-0.25, -0.2) is 19.4 Å². The van der Waals surface area contributed by atoms with Gasteiger partial charge >= 0.3 is 23.8 Å². The van der Waals surface area contributed by atoms with E-state index < -0.39 is 34.3 Å². The van der Waals surface area contributed by atoms with Crippen LogP contribution in [0.4, 0.5) is 9.93 Å². The molecule has 0 radical (unpaired) electrons. The van der Waals surface area contributed by atoms with Crippen molar-refractivity contribution in [2.75, 3.05) is 18.7 Å². The fourth-order valence-electron chi connectivity index (χ4n) is 4.54. The Morgan fingerprint density at radius 1 is 1.05 bits per heavy atom. The molecule has 0 saturated carbocycles. The maximum Gasteiger partial charge on any atom is 0.433 e. The standard InChI is InChI=1S/C26H22N4O7S/c31-21-13-27-26(35)30(21,23-20(36-15-37-23)12-17-9-5-2-6-10-17)19(11-16-7-3-1-4-8-16)22(32)29-25-28-18(14-38-25)24(33)34/h1-10,14,19H,11-13,15H2,(H2-,27,28,29,32,33,34,35)/p+1/t19-,30?/m0/s1. The predicted octanol–water partition coefficient (Wildman–Crippen LogP) is 2.87. The van der Waals surface area contributed by atoms with Crippen LogP contribution in [0.5, 0.6) is 0 Å². The second kappa shape index (κ2) is 10.4. The van der Waals surface area contributed by atoms with E-state index in [9.17, 15) is 24.3 Å². The Kier molecular flexibility index (Phi) is 6.90. The van der Waals surface area contributed by atoms with Crippen molar-refractivity contribution in [2.45, 2.75) is 18.9 Å². The number of urea groups is 1. The molecule has 1 fully saturated rings. The van der Waals surface area contributed by atoms with Crippen LogP contribution in [0.2, 0.25) is 0 Å². The number of benzene rings is 2. The summed E-state index contributed by atoms with van der Waals surface area (Å²) in [5, 5.41) is 15.7. The van der Waals surface area contributed by atoms with Crippen LogP contribution in [0, 0.1) is 0 Å². The predicted molar refractivity (Wildman–Crippen MR) is 135 cm³/mol. The number of carboxylic acid groups (broad SMARTS) is 1. The number of quaternary nitrogens is 1. The number of nitrogens with zero attached hydrogens (tertiary/aromatic N) is 2. The summed E-state index contributed by atoms with van der Waals surface area (Å²) in [6.45, 7) is -0.518. The number of ether oxygens (including phenoxy) is 2. The number of imide groups is 1. The monoisotopic (exact) mass is 535 g/mol. The van der Waals surface area contributed by atoms with Crippen LogP contribution in [0.15, 0.2) is 77.7 Å². The molecule has 4 amide bonds. The van der Waals surface area contributed by atoms with Crippen LogP contribution >= 0.6 is 11.3 Å². The van der Waals surface area contributed by atoms with Crippen molar-refractivity contribution in [1.29, 1.82) is 0 Å². The molecule has 2 aliphatic heterocycles. The topological polar surface area (TPSA) is 144 Å². The fourth-order valence-corrected chi connectivity index (χ4v) is 5.23. The number of carbonyl (C=O) groups is 4. The molecule has 12 heteroatoms. The molecule has 2 aromatic carbocycles. The van der Waals surface area contributed by atoms with Gasteiger partial charge in [-0.2, -0.15) is 0 Å². The van der Waals surface area contributed by atoms with Crippen LogP contribution in [-0.2, 0) is 31.9 Å². The lowest BCUT2D eigenvalue weighted by Crippen LogP contribution is -2.64. The molecule has 2 atom stereocenters. The number of thiazole rings is 1. The summed E-state index contributed by atoms with van der Waals surface area (Å²) in [7, 11) is 0. The molecule has 38 heavy (non-hydrogen) atoms. The van der Waals surface area contributed by atoms with Gasteiger partial charge in [0.05, 0.1) is 0 Å². The number of carbonyl (C=O) groups excluding carboxylic acids is 3. The first-order valence-electron chi connectivity index (χ1n) is 11.7. The Bertz CT molecular complexity index is 1410. The lowest BCUT2D eigenvalue weighted by Gasteiger charge is -2.33. The smallest absolute Gasteiger partial charge is 0.433 e. The number of allylic oxidation sites excluding steroid dienone is 1. The van der Waals surface area contributed by atoms with E-state index in [0.29, 0.717) is 5.56 Å². The molecule has 1 saturated heterocycles. The zero-order chi connectivity index (χ0) is 26.7. The highest BCUT2D eigenvalue weighted by molar-refractivity contribution is 7.14. The molecule has 1 aromatic heterocycles. The third kappa shape index (κ3) is 4.62. The molecule has 3 N–H and O–H groups in total. The molecule has 0 spiro atoms. The maximum absolute atomic E-state index is 13.8. The first-order valence-corrected chi connectivity index (χ1v) is 12.5. The van der Waals surface area contributed by atoms with E-state index in [1.165, 1.54) is 5.38 Å². The molecule has 3 aromatic rings. The van der Waals surface area contributed by atoms with Crippen LogP contribution in [0.1, 0.15) is 21.6 Å². The summed E-state index contributed by atoms with van der Waals surface area (Å²) in [4.78, 5) is 56.2. The molecule has 11 nitrogen and oxygen atoms in total. The number of amides is 4. The largest absolute Gasteiger partial charge is 0.476 e. The van der Waals surface area contributed by atoms with E-state index in [4.69, 9.17) is 9.47 Å². The maximum atomic E-state index is 13.8. The van der Waals surface area contributed by atoms with Crippen LogP contribution in [0.25, 0.3) is 0 Å². The van der Waals surface area contributed by atoms with Gasteiger partial charge in [0.2, 0.25) is 12.6 Å². The van der Waals surface area contributed by atoms with Gasteiger partial charge in [0, 0.05) is 18.2 Å². The van der Waals surface area contributed by atoms with Gasteiger partial charge in [-0.15, -0.1) is 11.3 Å². The number of hydrogen-bond donors (Lipinski definition) is 3. The van der Waals surface area contributed by atoms with Crippen LogP contribution in [-0.4, -0.2) is 57.8 Å². The van der Waals surface area contributed by atoms with Gasteiger partial charge in [-0.05, 0) is 11.1 Å². The molecule has 0 bridgehead atoms. The molecule has 2 aliphatic rings. The van der Waals surface area contributed by atoms with E-state index in [2.05, 4.69) is 15.6 Å². The van der Waals surface area contributed by atoms with Gasteiger partial charge in [0.1, 0.15) is 6.54 Å². The second-order valence-electron chi connectivity index (χ2n) is 8.61. The fraction of sp³-hybridized carbons (Fsp3) is 0.192. The number of hydrogen-bond acceptors (Lipinski definition) is 8. The van der Waals surface area contributed by atoms with E-state index in [-0.39, 0.29) is 48.6 Å². The van der Waals surface area contributed by atoms with Gasteiger partial charge in [-0.3, -0.25) is 15.4 Å². The van der Waals surface area contributed by atoms with E-state index in [1.807, 2.05) is 36.4 Å². The highest BCUT2D eigenvalue weighted by Gasteiger charge is 2.64. The van der Waals surface area contributed by atoms with Crippen molar-refractivity contribution in [1.82, 2.24) is 10.3 Å². The summed E-state index contributed by atoms with van der Waals surface area (Å²) in [5.74, 6) is -2.30. The lowest BCUT2D eigenvalue weighted by atomic mass is 10.0. The number of aromatic nitrogens is 1. The van der Waals surface area contributed by atoms with Crippen LogP contribution in [0.3, 0.4) is 0 Å². The van der Waals surface area contributed by atoms with Crippen molar-refractivity contribution >= 4 is 40.3 Å². The highest BCUT2D eigenvalue weighted by Crippen LogP contribution is 2.37. The minimum absolute atomic E-state index is 0.00548. The van der Waals surface area contributed by atoms with E-state index in [0.717, 1.165) is 16.9 Å². The Labute approximate surface area is 220 Å². The minimum Gasteiger partial charge on any atom is -0.476 e. The van der Waals surface area contributed by atoms with Gasteiger partial charge in [0.15, 0.2) is 16.9 Å². The molecule has 1 unspecified atom stereocenters. The Hall–Kier alpha value is -4.55. The van der Waals surface area contributed by atoms with Crippen molar-refractivity contribution in [3.63, 3.8) is 0 Å². The average molecular weight is 536 g/mol. The molecular weight excluding hydrogens is 512 g/mol. The highest BCUT2D eigenvalue weighted by atomic mass is 32.1.